The van der Waals surface area contributed by atoms with Gasteiger partial charge in [-0.25, -0.2) is 5.43 Å². The Hall–Kier alpha value is -1.84. The number of benzene rings is 1. The van der Waals surface area contributed by atoms with Crippen molar-refractivity contribution < 1.29 is 4.79 Å². The van der Waals surface area contributed by atoms with Crippen LogP contribution in [-0.4, -0.2) is 24.7 Å². The zero-order chi connectivity index (χ0) is 15.8. The normalized spacial score (nSPS) is 20.5. The quantitative estimate of drug-likeness (QED) is 0.670. The van der Waals surface area contributed by atoms with Gasteiger partial charge in [0.2, 0.25) is 5.91 Å². The van der Waals surface area contributed by atoms with E-state index in [4.69, 9.17) is 0 Å². The van der Waals surface area contributed by atoms with Crippen molar-refractivity contribution in [1.82, 2.24) is 5.43 Å². The van der Waals surface area contributed by atoms with Gasteiger partial charge in [-0.05, 0) is 61.9 Å². The zero-order valence-electron chi connectivity index (χ0n) is 13.8. The van der Waals surface area contributed by atoms with Crippen molar-refractivity contribution >= 4 is 17.8 Å². The number of hydrazone groups is 1. The fraction of sp³-hybridized carbons (Fsp3) is 0.529. The molecule has 0 fully saturated rings. The molecule has 2 rings (SSSR count). The topological polar surface area (TPSA) is 44.7 Å². The van der Waals surface area contributed by atoms with Gasteiger partial charge in [-0.15, -0.1) is 0 Å². The molecule has 0 saturated heterocycles. The first-order valence-corrected chi connectivity index (χ1v) is 7.40. The number of aryl methyl sites for hydroxylation is 1. The second-order valence-corrected chi connectivity index (χ2v) is 6.67. The van der Waals surface area contributed by atoms with Crippen molar-refractivity contribution in [3.63, 3.8) is 0 Å². The highest BCUT2D eigenvalue weighted by atomic mass is 16.2. The highest BCUT2D eigenvalue weighted by Gasteiger charge is 2.34. The molecule has 0 aliphatic carbocycles. The summed E-state index contributed by atoms with van der Waals surface area (Å²) in [7, 11) is 2.16. The van der Waals surface area contributed by atoms with E-state index >= 15 is 0 Å². The van der Waals surface area contributed by atoms with Gasteiger partial charge >= 0.3 is 0 Å². The van der Waals surface area contributed by atoms with Crippen LogP contribution in [0.3, 0.4) is 0 Å². The maximum absolute atomic E-state index is 10.9. The molecule has 0 saturated carbocycles. The average Bonchev–Trinajstić information content (AvgIpc) is 2.36. The van der Waals surface area contributed by atoms with E-state index in [0.29, 0.717) is 5.92 Å². The van der Waals surface area contributed by atoms with E-state index in [-0.39, 0.29) is 11.4 Å². The van der Waals surface area contributed by atoms with Crippen molar-refractivity contribution in [1.29, 1.82) is 0 Å². The third kappa shape index (κ3) is 3.09. The van der Waals surface area contributed by atoms with Crippen LogP contribution >= 0.6 is 0 Å². The van der Waals surface area contributed by atoms with Crippen LogP contribution in [0.15, 0.2) is 17.2 Å². The summed E-state index contributed by atoms with van der Waals surface area (Å²) in [6.45, 7) is 10.4. The number of carbonyl (C=O) groups is 1. The van der Waals surface area contributed by atoms with Gasteiger partial charge in [0, 0.05) is 25.2 Å². The van der Waals surface area contributed by atoms with Crippen molar-refractivity contribution in [3.8, 4) is 0 Å². The van der Waals surface area contributed by atoms with Crippen molar-refractivity contribution in [2.45, 2.75) is 52.5 Å². The molecule has 0 unspecified atom stereocenters. The smallest absolute Gasteiger partial charge is 0.236 e. The summed E-state index contributed by atoms with van der Waals surface area (Å²) in [4.78, 5) is 13.3. The van der Waals surface area contributed by atoms with Crippen LogP contribution in [-0.2, 0) is 4.79 Å². The number of nitrogens with one attached hydrogen (secondary N) is 1. The van der Waals surface area contributed by atoms with E-state index in [2.05, 4.69) is 62.3 Å². The minimum atomic E-state index is -0.156. The van der Waals surface area contributed by atoms with Gasteiger partial charge in [0.25, 0.3) is 0 Å². The maximum Gasteiger partial charge on any atom is 0.236 e. The van der Waals surface area contributed by atoms with E-state index in [9.17, 15) is 4.79 Å². The molecular weight excluding hydrogens is 262 g/mol. The number of hydrogen-bond donors (Lipinski definition) is 1. The lowest BCUT2D eigenvalue weighted by atomic mass is 9.79. The van der Waals surface area contributed by atoms with Crippen LogP contribution < -0.4 is 10.3 Å². The van der Waals surface area contributed by atoms with Crippen LogP contribution in [0.4, 0.5) is 5.69 Å². The Morgan fingerprint density at radius 3 is 2.76 bits per heavy atom. The summed E-state index contributed by atoms with van der Waals surface area (Å²) >= 11 is 0. The molecule has 21 heavy (non-hydrogen) atoms. The van der Waals surface area contributed by atoms with Gasteiger partial charge in [0.1, 0.15) is 0 Å². The lowest BCUT2D eigenvalue weighted by Gasteiger charge is -2.45. The number of hydrogen-bond acceptors (Lipinski definition) is 3. The summed E-state index contributed by atoms with van der Waals surface area (Å²) in [6, 6.07) is 4.42. The Balaban J connectivity index is 2.41. The van der Waals surface area contributed by atoms with Gasteiger partial charge < -0.3 is 4.90 Å². The number of nitrogens with zero attached hydrogens (tertiary/aromatic N) is 2. The Labute approximate surface area is 127 Å². The molecule has 1 aromatic rings. The Morgan fingerprint density at radius 2 is 2.14 bits per heavy atom. The first kappa shape index (κ1) is 15.5. The number of fused-ring (bicyclic) bond motifs is 1. The first-order valence-electron chi connectivity index (χ1n) is 7.40. The summed E-state index contributed by atoms with van der Waals surface area (Å²) in [6.07, 6.45) is 2.85. The largest absolute Gasteiger partial charge is 0.369 e. The van der Waals surface area contributed by atoms with Gasteiger partial charge in [-0.1, -0.05) is 6.92 Å². The van der Waals surface area contributed by atoms with Crippen molar-refractivity contribution in [3.05, 3.63) is 28.8 Å². The van der Waals surface area contributed by atoms with Crippen molar-refractivity contribution in [2.75, 3.05) is 11.9 Å². The molecule has 0 aromatic heterocycles. The van der Waals surface area contributed by atoms with Crippen LogP contribution in [0.2, 0.25) is 0 Å². The average molecular weight is 287 g/mol. The van der Waals surface area contributed by atoms with Crippen LogP contribution in [0.25, 0.3) is 0 Å². The van der Waals surface area contributed by atoms with E-state index in [1.54, 1.807) is 6.21 Å². The molecule has 0 bridgehead atoms. The lowest BCUT2D eigenvalue weighted by molar-refractivity contribution is -0.118. The minimum Gasteiger partial charge on any atom is -0.369 e. The highest BCUT2D eigenvalue weighted by Crippen LogP contribution is 2.43. The maximum atomic E-state index is 10.9. The predicted molar refractivity (Wildman–Crippen MR) is 88.1 cm³/mol. The fourth-order valence-corrected chi connectivity index (χ4v) is 3.07. The molecule has 0 spiro atoms. The summed E-state index contributed by atoms with van der Waals surface area (Å²) in [5.41, 5.74) is 7.50. The van der Waals surface area contributed by atoms with Crippen LogP contribution in [0.5, 0.6) is 0 Å². The molecule has 114 valence electrons. The second-order valence-electron chi connectivity index (χ2n) is 6.67. The molecule has 1 heterocycles. The lowest BCUT2D eigenvalue weighted by Crippen LogP contribution is -2.45. The van der Waals surface area contributed by atoms with Gasteiger partial charge in [-0.3, -0.25) is 4.79 Å². The Morgan fingerprint density at radius 1 is 1.48 bits per heavy atom. The minimum absolute atomic E-state index is 0.156. The molecule has 1 aliphatic rings. The molecule has 0 radical (unpaired) electrons. The Kier molecular flexibility index (Phi) is 4.08. The summed E-state index contributed by atoms with van der Waals surface area (Å²) < 4.78 is 0. The van der Waals surface area contributed by atoms with Gasteiger partial charge in [0.15, 0.2) is 0 Å². The van der Waals surface area contributed by atoms with Crippen LogP contribution in [0, 0.1) is 6.92 Å². The monoisotopic (exact) mass is 287 g/mol. The number of amides is 1. The summed E-state index contributed by atoms with van der Waals surface area (Å²) in [5, 5.41) is 3.99. The first-order chi connectivity index (χ1) is 9.72. The molecule has 1 atom stereocenters. The number of rotatable bonds is 2. The molecule has 1 amide bonds. The third-order valence-corrected chi connectivity index (χ3v) is 4.45. The van der Waals surface area contributed by atoms with E-state index in [0.717, 1.165) is 12.0 Å². The highest BCUT2D eigenvalue weighted by molar-refractivity contribution is 5.85. The fourth-order valence-electron chi connectivity index (χ4n) is 3.07. The van der Waals surface area contributed by atoms with Crippen molar-refractivity contribution in [2.24, 2.45) is 5.10 Å². The van der Waals surface area contributed by atoms with E-state index in [1.807, 2.05) is 0 Å². The molecule has 1 aromatic carbocycles. The predicted octanol–water partition coefficient (Wildman–Crippen LogP) is 3.19. The third-order valence-electron chi connectivity index (χ3n) is 4.45. The van der Waals surface area contributed by atoms with Gasteiger partial charge in [-0.2, -0.15) is 5.10 Å². The SMILES string of the molecule is CC(=O)N/N=C\c1cc2c(cc1C)N(C)C(C)(C)C[C@H]2C. The van der Waals surface area contributed by atoms with E-state index < -0.39 is 0 Å². The van der Waals surface area contributed by atoms with Crippen LogP contribution in [0.1, 0.15) is 56.7 Å². The van der Waals surface area contributed by atoms with Gasteiger partial charge in [0.05, 0.1) is 6.21 Å². The molecule has 1 N–H and O–H groups in total. The number of carbonyl (C=O) groups excluding carboxylic acids is 1. The standard InChI is InChI=1S/C17H25N3O/c1-11-7-16-15(8-14(11)10-18-19-13(3)21)12(2)9-17(4,5)20(16)6/h7-8,10,12H,9H2,1-6H3,(H,19,21)/b18-10-/t12-/m1/s1. The Bertz CT molecular complexity index is 590. The molecule has 1 aliphatic heterocycles. The number of anilines is 1. The molecule has 4 heteroatoms. The van der Waals surface area contributed by atoms with E-state index in [1.165, 1.54) is 23.7 Å². The second kappa shape index (κ2) is 5.51. The zero-order valence-corrected chi connectivity index (χ0v) is 13.8. The molecular formula is C17H25N3O. The summed E-state index contributed by atoms with van der Waals surface area (Å²) in [5.74, 6) is 0.358. The molecule has 4 nitrogen and oxygen atoms in total.